The zero-order valence-corrected chi connectivity index (χ0v) is 14.6. The fraction of sp³-hybridized carbons (Fsp3) is 0.250. The summed E-state index contributed by atoms with van der Waals surface area (Å²) in [5.41, 5.74) is 2.42. The molecule has 0 fully saturated rings. The maximum atomic E-state index is 12.9. The molecule has 0 radical (unpaired) electrons. The van der Waals surface area contributed by atoms with E-state index in [2.05, 4.69) is 5.32 Å². The van der Waals surface area contributed by atoms with Crippen LogP contribution in [-0.2, 0) is 22.6 Å². The first-order valence-electron chi connectivity index (χ1n) is 8.61. The van der Waals surface area contributed by atoms with Crippen LogP contribution < -0.4 is 5.32 Å². The van der Waals surface area contributed by atoms with E-state index in [9.17, 15) is 19.5 Å². The summed E-state index contributed by atoms with van der Waals surface area (Å²) in [6.07, 6.45) is 1.11. The number of rotatable bonds is 6. The van der Waals surface area contributed by atoms with Gasteiger partial charge < -0.3 is 20.4 Å². The molecule has 3 N–H and O–H groups in total. The minimum absolute atomic E-state index is 0.113. The molecule has 0 aliphatic carbocycles. The molecule has 1 aliphatic rings. The number of carbonyl (C=O) groups is 3. The van der Waals surface area contributed by atoms with E-state index >= 15 is 0 Å². The van der Waals surface area contributed by atoms with Crippen LogP contribution in [0, 0.1) is 0 Å². The van der Waals surface area contributed by atoms with Gasteiger partial charge in [0.2, 0.25) is 5.91 Å². The summed E-state index contributed by atoms with van der Waals surface area (Å²) in [5.74, 6) is -2.45. The fourth-order valence-electron chi connectivity index (χ4n) is 3.18. The van der Waals surface area contributed by atoms with Gasteiger partial charge in [-0.05, 0) is 36.1 Å². The molecule has 1 amide bonds. The fourth-order valence-corrected chi connectivity index (χ4v) is 3.18. The third kappa shape index (κ3) is 4.44. The van der Waals surface area contributed by atoms with Crippen LogP contribution in [0.1, 0.15) is 27.9 Å². The number of carboxylic acid groups (broad SMARTS) is 2. The van der Waals surface area contributed by atoms with Crippen LogP contribution in [0.15, 0.2) is 48.5 Å². The van der Waals surface area contributed by atoms with Gasteiger partial charge in [-0.2, -0.15) is 0 Å². The van der Waals surface area contributed by atoms with Crippen molar-refractivity contribution >= 4 is 23.5 Å². The molecule has 0 aromatic heterocycles. The summed E-state index contributed by atoms with van der Waals surface area (Å²) in [6, 6.07) is 13.6. The zero-order chi connectivity index (χ0) is 19.4. The Morgan fingerprint density at radius 3 is 2.52 bits per heavy atom. The van der Waals surface area contributed by atoms with Gasteiger partial charge in [-0.15, -0.1) is 0 Å². The first-order valence-corrected chi connectivity index (χ1v) is 8.61. The Kier molecular flexibility index (Phi) is 5.40. The highest BCUT2D eigenvalue weighted by molar-refractivity contribution is 5.92. The lowest BCUT2D eigenvalue weighted by Crippen LogP contribution is -2.43. The highest BCUT2D eigenvalue weighted by atomic mass is 16.4. The SMILES string of the molecule is O=C(O)CN1Cc2ccc(C(=O)O)cc2N[C@@H](CCc2ccccc2)C1=O. The van der Waals surface area contributed by atoms with Gasteiger partial charge in [0.05, 0.1) is 5.56 Å². The lowest BCUT2D eigenvalue weighted by Gasteiger charge is -2.23. The number of amides is 1. The molecular formula is C20H20N2O5. The average Bonchev–Trinajstić information content (AvgIpc) is 2.77. The Morgan fingerprint density at radius 2 is 1.85 bits per heavy atom. The van der Waals surface area contributed by atoms with Crippen molar-refractivity contribution in [2.45, 2.75) is 25.4 Å². The molecule has 27 heavy (non-hydrogen) atoms. The molecule has 0 unspecified atom stereocenters. The molecule has 1 aliphatic heterocycles. The van der Waals surface area contributed by atoms with Gasteiger partial charge in [0.15, 0.2) is 0 Å². The lowest BCUT2D eigenvalue weighted by molar-refractivity contribution is -0.145. The Morgan fingerprint density at radius 1 is 1.11 bits per heavy atom. The second kappa shape index (κ2) is 7.90. The lowest BCUT2D eigenvalue weighted by atomic mass is 10.0. The first-order chi connectivity index (χ1) is 12.9. The van der Waals surface area contributed by atoms with Crippen LogP contribution in [-0.4, -0.2) is 45.5 Å². The van der Waals surface area contributed by atoms with Gasteiger partial charge in [0.25, 0.3) is 0 Å². The van der Waals surface area contributed by atoms with Gasteiger partial charge in [-0.25, -0.2) is 4.79 Å². The van der Waals surface area contributed by atoms with Crippen LogP contribution >= 0.6 is 0 Å². The van der Waals surface area contributed by atoms with Crippen molar-refractivity contribution in [3.8, 4) is 0 Å². The largest absolute Gasteiger partial charge is 0.480 e. The van der Waals surface area contributed by atoms with E-state index in [1.54, 1.807) is 6.07 Å². The maximum absolute atomic E-state index is 12.9. The molecule has 0 saturated heterocycles. The summed E-state index contributed by atoms with van der Waals surface area (Å²) in [5, 5.41) is 21.5. The second-order valence-corrected chi connectivity index (χ2v) is 6.49. The molecule has 1 atom stereocenters. The number of aryl methyl sites for hydroxylation is 1. The van der Waals surface area contributed by atoms with Crippen molar-refractivity contribution in [2.24, 2.45) is 0 Å². The Labute approximate surface area is 156 Å². The van der Waals surface area contributed by atoms with Gasteiger partial charge in [-0.1, -0.05) is 36.4 Å². The number of fused-ring (bicyclic) bond motifs is 1. The molecule has 0 saturated carbocycles. The number of nitrogens with one attached hydrogen (secondary N) is 1. The quantitative estimate of drug-likeness (QED) is 0.722. The molecular weight excluding hydrogens is 348 g/mol. The number of aliphatic carboxylic acids is 1. The number of carbonyl (C=O) groups excluding carboxylic acids is 1. The second-order valence-electron chi connectivity index (χ2n) is 6.49. The minimum atomic E-state index is -1.09. The Hall–Kier alpha value is -3.35. The number of hydrogen-bond donors (Lipinski definition) is 3. The topological polar surface area (TPSA) is 107 Å². The van der Waals surface area contributed by atoms with Gasteiger partial charge in [0.1, 0.15) is 12.6 Å². The molecule has 0 bridgehead atoms. The van der Waals surface area contributed by atoms with E-state index in [1.807, 2.05) is 30.3 Å². The average molecular weight is 368 g/mol. The summed E-state index contributed by atoms with van der Waals surface area (Å²) < 4.78 is 0. The number of hydrogen-bond acceptors (Lipinski definition) is 4. The molecule has 140 valence electrons. The van der Waals surface area contributed by atoms with Crippen LogP contribution in [0.25, 0.3) is 0 Å². The summed E-state index contributed by atoms with van der Waals surface area (Å²) in [7, 11) is 0. The highest BCUT2D eigenvalue weighted by Gasteiger charge is 2.30. The van der Waals surface area contributed by atoms with Crippen molar-refractivity contribution in [3.63, 3.8) is 0 Å². The van der Waals surface area contributed by atoms with Gasteiger partial charge in [-0.3, -0.25) is 9.59 Å². The first kappa shape index (κ1) is 18.4. The molecule has 1 heterocycles. The maximum Gasteiger partial charge on any atom is 0.335 e. The standard InChI is InChI=1S/C20H20N2O5/c23-18(24)12-22-11-15-8-7-14(20(26)27)10-17(15)21-16(19(22)25)9-6-13-4-2-1-3-5-13/h1-5,7-8,10,16,21H,6,9,11-12H2,(H,23,24)(H,26,27)/t16-/m0/s1. The number of anilines is 1. The van der Waals surface area contributed by atoms with Crippen molar-refractivity contribution in [1.29, 1.82) is 0 Å². The van der Waals surface area contributed by atoms with Crippen LogP contribution in [0.2, 0.25) is 0 Å². The van der Waals surface area contributed by atoms with Crippen molar-refractivity contribution in [2.75, 3.05) is 11.9 Å². The molecule has 0 spiro atoms. The van der Waals surface area contributed by atoms with Crippen molar-refractivity contribution < 1.29 is 24.6 Å². The zero-order valence-electron chi connectivity index (χ0n) is 14.6. The normalized spacial score (nSPS) is 16.2. The summed E-state index contributed by atoms with van der Waals surface area (Å²) in [6.45, 7) is -0.280. The Bertz CT molecular complexity index is 866. The van der Waals surface area contributed by atoms with Crippen LogP contribution in [0.3, 0.4) is 0 Å². The van der Waals surface area contributed by atoms with E-state index in [-0.39, 0.29) is 18.0 Å². The summed E-state index contributed by atoms with van der Waals surface area (Å²) >= 11 is 0. The smallest absolute Gasteiger partial charge is 0.335 e. The number of carboxylic acids is 2. The number of benzene rings is 2. The predicted molar refractivity (Wildman–Crippen MR) is 98.6 cm³/mol. The third-order valence-electron chi connectivity index (χ3n) is 4.55. The van der Waals surface area contributed by atoms with Crippen molar-refractivity contribution in [3.05, 3.63) is 65.2 Å². The Balaban J connectivity index is 1.88. The molecule has 7 nitrogen and oxygen atoms in total. The number of nitrogens with zero attached hydrogens (tertiary/aromatic N) is 1. The van der Waals surface area contributed by atoms with Crippen LogP contribution in [0.4, 0.5) is 5.69 Å². The minimum Gasteiger partial charge on any atom is -0.480 e. The van der Waals surface area contributed by atoms with Crippen molar-refractivity contribution in [1.82, 2.24) is 4.90 Å². The molecule has 7 heteroatoms. The predicted octanol–water partition coefficient (Wildman–Crippen LogP) is 2.22. The highest BCUT2D eigenvalue weighted by Crippen LogP contribution is 2.26. The third-order valence-corrected chi connectivity index (χ3v) is 4.55. The number of aromatic carboxylic acids is 1. The van der Waals surface area contributed by atoms with Crippen LogP contribution in [0.5, 0.6) is 0 Å². The van der Waals surface area contributed by atoms with E-state index in [0.29, 0.717) is 24.1 Å². The van der Waals surface area contributed by atoms with E-state index < -0.39 is 24.5 Å². The van der Waals surface area contributed by atoms with E-state index in [0.717, 1.165) is 5.56 Å². The molecule has 2 aromatic rings. The monoisotopic (exact) mass is 368 g/mol. The summed E-state index contributed by atoms with van der Waals surface area (Å²) in [4.78, 5) is 36.6. The van der Waals surface area contributed by atoms with Gasteiger partial charge >= 0.3 is 11.9 Å². The van der Waals surface area contributed by atoms with Gasteiger partial charge in [0, 0.05) is 12.2 Å². The molecule has 2 aromatic carbocycles. The molecule has 3 rings (SSSR count). The van der Waals surface area contributed by atoms with E-state index in [1.165, 1.54) is 17.0 Å². The van der Waals surface area contributed by atoms with E-state index in [4.69, 9.17) is 5.11 Å².